The lowest BCUT2D eigenvalue weighted by Crippen LogP contribution is -2.12. The highest BCUT2D eigenvalue weighted by Gasteiger charge is 2.09. The summed E-state index contributed by atoms with van der Waals surface area (Å²) in [7, 11) is 1.62. The third-order valence-electron chi connectivity index (χ3n) is 2.25. The highest BCUT2D eigenvalue weighted by Crippen LogP contribution is 2.08. The molecule has 1 unspecified atom stereocenters. The number of rotatable bonds is 4. The van der Waals surface area contributed by atoms with Crippen LogP contribution in [0.25, 0.3) is 0 Å². The van der Waals surface area contributed by atoms with Gasteiger partial charge in [0.25, 0.3) is 0 Å². The molecule has 0 aromatic heterocycles. The summed E-state index contributed by atoms with van der Waals surface area (Å²) in [4.78, 5) is 11.6. The molecule has 2 heteroatoms. The first-order valence-electron chi connectivity index (χ1n) is 4.76. The Labute approximate surface area is 84.9 Å². The van der Waals surface area contributed by atoms with Crippen molar-refractivity contribution in [1.29, 1.82) is 0 Å². The number of ether oxygens (including phenoxy) is 1. The van der Waals surface area contributed by atoms with E-state index in [-0.39, 0.29) is 11.9 Å². The van der Waals surface area contributed by atoms with Crippen LogP contribution in [0.15, 0.2) is 24.3 Å². The molecule has 1 aromatic rings. The molecule has 2 nitrogen and oxygen atoms in total. The van der Waals surface area contributed by atoms with Crippen molar-refractivity contribution in [3.8, 4) is 0 Å². The van der Waals surface area contributed by atoms with Gasteiger partial charge in [0.2, 0.25) is 0 Å². The van der Waals surface area contributed by atoms with Gasteiger partial charge in [-0.1, -0.05) is 29.8 Å². The largest absolute Gasteiger partial charge is 0.381 e. The van der Waals surface area contributed by atoms with E-state index in [2.05, 4.69) is 0 Å². The number of hydrogen-bond acceptors (Lipinski definition) is 2. The van der Waals surface area contributed by atoms with Gasteiger partial charge in [0.05, 0.1) is 6.10 Å². The van der Waals surface area contributed by atoms with E-state index < -0.39 is 0 Å². The normalized spacial score (nSPS) is 12.5. The van der Waals surface area contributed by atoms with Gasteiger partial charge in [-0.05, 0) is 13.8 Å². The molecule has 1 aromatic carbocycles. The van der Waals surface area contributed by atoms with E-state index in [1.54, 1.807) is 7.11 Å². The Morgan fingerprint density at radius 3 is 2.43 bits per heavy atom. The number of Topliss-reactive ketones (excluding diaryl/α,β-unsaturated/α-hetero) is 1. The zero-order valence-electron chi connectivity index (χ0n) is 8.91. The monoisotopic (exact) mass is 192 g/mol. The summed E-state index contributed by atoms with van der Waals surface area (Å²) in [6, 6.07) is 7.62. The summed E-state index contributed by atoms with van der Waals surface area (Å²) in [5.41, 5.74) is 1.93. The Bertz CT molecular complexity index is 301. The fraction of sp³-hybridized carbons (Fsp3) is 0.417. The number of carbonyl (C=O) groups excluding carboxylic acids is 1. The summed E-state index contributed by atoms with van der Waals surface area (Å²) < 4.78 is 5.05. The number of aryl methyl sites for hydroxylation is 1. The quantitative estimate of drug-likeness (QED) is 0.685. The predicted molar refractivity (Wildman–Crippen MR) is 56.6 cm³/mol. The van der Waals surface area contributed by atoms with Gasteiger partial charge >= 0.3 is 0 Å². The van der Waals surface area contributed by atoms with Gasteiger partial charge in [-0.2, -0.15) is 0 Å². The van der Waals surface area contributed by atoms with Crippen LogP contribution in [0.5, 0.6) is 0 Å². The van der Waals surface area contributed by atoms with E-state index in [9.17, 15) is 4.79 Å². The van der Waals surface area contributed by atoms with Gasteiger partial charge in [0, 0.05) is 19.1 Å². The van der Waals surface area contributed by atoms with Crippen LogP contribution >= 0.6 is 0 Å². The summed E-state index contributed by atoms with van der Waals surface area (Å²) in [5.74, 6) is 0.138. The van der Waals surface area contributed by atoms with Crippen molar-refractivity contribution in [2.24, 2.45) is 0 Å². The first-order valence-corrected chi connectivity index (χ1v) is 4.76. The minimum Gasteiger partial charge on any atom is -0.381 e. The summed E-state index contributed by atoms with van der Waals surface area (Å²) in [6.07, 6.45) is 0.434. The van der Waals surface area contributed by atoms with Gasteiger partial charge in [-0.15, -0.1) is 0 Å². The molecular weight excluding hydrogens is 176 g/mol. The molecule has 0 aliphatic heterocycles. The summed E-state index contributed by atoms with van der Waals surface area (Å²) in [5, 5.41) is 0. The molecule has 0 aliphatic rings. The van der Waals surface area contributed by atoms with Crippen molar-refractivity contribution in [3.63, 3.8) is 0 Å². The molecule has 0 aliphatic carbocycles. The number of hydrogen-bond donors (Lipinski definition) is 0. The smallest absolute Gasteiger partial charge is 0.165 e. The van der Waals surface area contributed by atoms with Crippen LogP contribution in [0.2, 0.25) is 0 Å². The summed E-state index contributed by atoms with van der Waals surface area (Å²) >= 11 is 0. The second kappa shape index (κ2) is 4.91. The minimum atomic E-state index is -0.0104. The molecular formula is C12H16O2. The zero-order valence-corrected chi connectivity index (χ0v) is 8.91. The van der Waals surface area contributed by atoms with E-state index in [4.69, 9.17) is 4.74 Å². The standard InChI is InChI=1S/C12H16O2/c1-9-4-6-11(7-5-9)12(13)8-10(2)14-3/h4-7,10H,8H2,1-3H3. The van der Waals surface area contributed by atoms with Gasteiger partial charge in [0.15, 0.2) is 5.78 Å². The van der Waals surface area contributed by atoms with Gasteiger partial charge in [0.1, 0.15) is 0 Å². The van der Waals surface area contributed by atoms with Crippen LogP contribution in [0.3, 0.4) is 0 Å². The fourth-order valence-corrected chi connectivity index (χ4v) is 1.20. The first-order chi connectivity index (χ1) is 6.63. The Morgan fingerprint density at radius 1 is 1.36 bits per heavy atom. The lowest BCUT2D eigenvalue weighted by molar-refractivity contribution is 0.0792. The van der Waals surface area contributed by atoms with E-state index in [1.165, 1.54) is 5.56 Å². The van der Waals surface area contributed by atoms with Crippen LogP contribution in [0.4, 0.5) is 0 Å². The maximum atomic E-state index is 11.6. The van der Waals surface area contributed by atoms with Gasteiger partial charge in [-0.25, -0.2) is 0 Å². The van der Waals surface area contributed by atoms with Crippen molar-refractivity contribution in [2.45, 2.75) is 26.4 Å². The van der Waals surface area contributed by atoms with Crippen LogP contribution in [0, 0.1) is 6.92 Å². The predicted octanol–water partition coefficient (Wildman–Crippen LogP) is 2.60. The average molecular weight is 192 g/mol. The molecule has 0 bridgehead atoms. The number of benzene rings is 1. The minimum absolute atomic E-state index is 0.0104. The van der Waals surface area contributed by atoms with E-state index in [0.717, 1.165) is 5.56 Å². The van der Waals surface area contributed by atoms with E-state index in [0.29, 0.717) is 6.42 Å². The molecule has 1 atom stereocenters. The molecule has 0 spiro atoms. The number of methoxy groups -OCH3 is 1. The van der Waals surface area contributed by atoms with Crippen LogP contribution in [-0.4, -0.2) is 19.0 Å². The first kappa shape index (κ1) is 10.9. The maximum Gasteiger partial charge on any atom is 0.165 e. The maximum absolute atomic E-state index is 11.6. The average Bonchev–Trinajstić information content (AvgIpc) is 2.18. The van der Waals surface area contributed by atoms with Crippen LogP contribution < -0.4 is 0 Å². The highest BCUT2D eigenvalue weighted by molar-refractivity contribution is 5.96. The summed E-state index contributed by atoms with van der Waals surface area (Å²) in [6.45, 7) is 3.90. The lowest BCUT2D eigenvalue weighted by Gasteiger charge is -2.07. The third-order valence-corrected chi connectivity index (χ3v) is 2.25. The Balaban J connectivity index is 2.65. The molecule has 0 N–H and O–H groups in total. The molecule has 0 saturated heterocycles. The fourth-order valence-electron chi connectivity index (χ4n) is 1.20. The van der Waals surface area contributed by atoms with Crippen molar-refractivity contribution >= 4 is 5.78 Å². The topological polar surface area (TPSA) is 26.3 Å². The molecule has 0 saturated carbocycles. The Morgan fingerprint density at radius 2 is 1.93 bits per heavy atom. The van der Waals surface area contributed by atoms with E-state index >= 15 is 0 Å². The van der Waals surface area contributed by atoms with Gasteiger partial charge in [-0.3, -0.25) is 4.79 Å². The molecule has 0 heterocycles. The van der Waals surface area contributed by atoms with Crippen molar-refractivity contribution in [3.05, 3.63) is 35.4 Å². The third kappa shape index (κ3) is 2.96. The SMILES string of the molecule is COC(C)CC(=O)c1ccc(C)cc1. The van der Waals surface area contributed by atoms with Gasteiger partial charge < -0.3 is 4.74 Å². The Kier molecular flexibility index (Phi) is 3.84. The van der Waals surface area contributed by atoms with Crippen LogP contribution in [0.1, 0.15) is 29.3 Å². The van der Waals surface area contributed by atoms with E-state index in [1.807, 2.05) is 38.1 Å². The molecule has 14 heavy (non-hydrogen) atoms. The lowest BCUT2D eigenvalue weighted by atomic mass is 10.0. The highest BCUT2D eigenvalue weighted by atomic mass is 16.5. The van der Waals surface area contributed by atoms with Crippen molar-refractivity contribution in [1.82, 2.24) is 0 Å². The zero-order chi connectivity index (χ0) is 10.6. The Hall–Kier alpha value is -1.15. The molecule has 0 fully saturated rings. The van der Waals surface area contributed by atoms with Crippen molar-refractivity contribution in [2.75, 3.05) is 7.11 Å². The second-order valence-electron chi connectivity index (χ2n) is 3.54. The molecule has 76 valence electrons. The number of carbonyl (C=O) groups is 1. The number of ketones is 1. The second-order valence-corrected chi connectivity index (χ2v) is 3.54. The van der Waals surface area contributed by atoms with Crippen LogP contribution in [-0.2, 0) is 4.74 Å². The van der Waals surface area contributed by atoms with Crippen molar-refractivity contribution < 1.29 is 9.53 Å². The molecule has 1 rings (SSSR count). The molecule has 0 radical (unpaired) electrons. The molecule has 0 amide bonds.